The fourth-order valence-electron chi connectivity index (χ4n) is 4.54. The van der Waals surface area contributed by atoms with Crippen LogP contribution in [-0.2, 0) is 0 Å². The highest BCUT2D eigenvalue weighted by Crippen LogP contribution is 2.37. The smallest absolute Gasteiger partial charge is 0.253 e. The van der Waals surface area contributed by atoms with Gasteiger partial charge in [0.15, 0.2) is 5.65 Å². The molecule has 1 aromatic carbocycles. The van der Waals surface area contributed by atoms with Gasteiger partial charge in [-0.2, -0.15) is 4.98 Å². The van der Waals surface area contributed by atoms with Crippen LogP contribution in [0.2, 0.25) is 0 Å². The molecule has 1 fully saturated rings. The van der Waals surface area contributed by atoms with Gasteiger partial charge in [-0.05, 0) is 51.3 Å². The number of pyridine rings is 1. The van der Waals surface area contributed by atoms with Gasteiger partial charge in [-0.3, -0.25) is 9.36 Å². The van der Waals surface area contributed by atoms with Gasteiger partial charge in [0.25, 0.3) is 5.91 Å². The topological polar surface area (TPSA) is 142 Å². The van der Waals surface area contributed by atoms with Gasteiger partial charge in [0.05, 0.1) is 16.8 Å². The van der Waals surface area contributed by atoms with E-state index in [-0.39, 0.29) is 22.7 Å². The standard InChI is InChI=1S/C23H29N5O3/c1-12-6-7-16(29)14(3)18(12)28-19(24)17(20(25)30)15-10-13(2)22(27-21(15)28)31-11-23(26)8-4-5-9-23/h6-7,10,29H,4-5,8-9,11,24,26H2,1-3H3,(H2,25,30). The molecule has 0 unspecified atom stereocenters. The van der Waals surface area contributed by atoms with Gasteiger partial charge < -0.3 is 27.0 Å². The molecule has 0 spiro atoms. The van der Waals surface area contributed by atoms with E-state index in [2.05, 4.69) is 0 Å². The van der Waals surface area contributed by atoms with Gasteiger partial charge in [0.2, 0.25) is 5.88 Å². The van der Waals surface area contributed by atoms with Crippen molar-refractivity contribution in [1.82, 2.24) is 9.55 Å². The van der Waals surface area contributed by atoms with Crippen LogP contribution in [0, 0.1) is 20.8 Å². The number of rotatable bonds is 5. The molecule has 0 aliphatic heterocycles. The molecule has 3 aromatic rings. The fraction of sp³-hybridized carbons (Fsp3) is 0.391. The zero-order valence-corrected chi connectivity index (χ0v) is 18.2. The third-order valence-corrected chi connectivity index (χ3v) is 6.29. The lowest BCUT2D eigenvalue weighted by atomic mass is 10.0. The van der Waals surface area contributed by atoms with Crippen molar-refractivity contribution in [2.75, 3.05) is 12.3 Å². The van der Waals surface area contributed by atoms with Gasteiger partial charge in [-0.1, -0.05) is 18.9 Å². The Morgan fingerprint density at radius 2 is 1.90 bits per heavy atom. The molecule has 0 radical (unpaired) electrons. The first kappa shape index (κ1) is 21.0. The third kappa shape index (κ3) is 3.46. The fourth-order valence-corrected chi connectivity index (χ4v) is 4.54. The van der Waals surface area contributed by atoms with E-state index in [1.807, 2.05) is 19.9 Å². The number of phenols is 1. The van der Waals surface area contributed by atoms with E-state index in [0.717, 1.165) is 36.8 Å². The molecular weight excluding hydrogens is 394 g/mol. The normalized spacial score (nSPS) is 15.5. The van der Waals surface area contributed by atoms with E-state index in [1.54, 1.807) is 23.6 Å². The van der Waals surface area contributed by atoms with Crippen molar-refractivity contribution in [3.8, 4) is 17.3 Å². The summed E-state index contributed by atoms with van der Waals surface area (Å²) in [5, 5.41) is 10.8. The number of anilines is 1. The van der Waals surface area contributed by atoms with E-state index in [0.29, 0.717) is 34.8 Å². The van der Waals surface area contributed by atoms with Crippen LogP contribution in [-0.4, -0.2) is 32.7 Å². The minimum absolute atomic E-state index is 0.123. The Bertz CT molecular complexity index is 1190. The number of ether oxygens (including phenoxy) is 1. The first-order chi connectivity index (χ1) is 14.6. The number of benzene rings is 1. The number of carbonyl (C=O) groups excluding carboxylic acids is 1. The number of aryl methyl sites for hydroxylation is 2. The number of hydrogen-bond donors (Lipinski definition) is 4. The van der Waals surface area contributed by atoms with Crippen LogP contribution in [0.5, 0.6) is 11.6 Å². The monoisotopic (exact) mass is 423 g/mol. The lowest BCUT2D eigenvalue weighted by Gasteiger charge is -2.23. The zero-order valence-electron chi connectivity index (χ0n) is 18.2. The first-order valence-corrected chi connectivity index (χ1v) is 10.5. The summed E-state index contributed by atoms with van der Waals surface area (Å²) in [5.74, 6) is 0.0969. The molecule has 1 amide bonds. The van der Waals surface area contributed by atoms with Crippen molar-refractivity contribution in [3.05, 3.63) is 40.5 Å². The number of carbonyl (C=O) groups is 1. The largest absolute Gasteiger partial charge is 0.508 e. The summed E-state index contributed by atoms with van der Waals surface area (Å²) in [7, 11) is 0. The van der Waals surface area contributed by atoms with Crippen LogP contribution in [0.15, 0.2) is 18.2 Å². The van der Waals surface area contributed by atoms with E-state index >= 15 is 0 Å². The summed E-state index contributed by atoms with van der Waals surface area (Å²) in [6, 6.07) is 5.23. The molecule has 164 valence electrons. The van der Waals surface area contributed by atoms with Crippen LogP contribution in [0.25, 0.3) is 16.7 Å². The number of amides is 1. The summed E-state index contributed by atoms with van der Waals surface area (Å²) in [6.07, 6.45) is 4.04. The van der Waals surface area contributed by atoms with Gasteiger partial charge >= 0.3 is 0 Å². The highest BCUT2D eigenvalue weighted by Gasteiger charge is 2.31. The van der Waals surface area contributed by atoms with Gasteiger partial charge in [-0.25, -0.2) is 0 Å². The van der Waals surface area contributed by atoms with Gasteiger partial charge in [-0.15, -0.1) is 0 Å². The lowest BCUT2D eigenvalue weighted by molar-refractivity contribution is 0.100. The maximum Gasteiger partial charge on any atom is 0.253 e. The number of hydrogen-bond acceptors (Lipinski definition) is 6. The molecule has 1 aliphatic carbocycles. The van der Waals surface area contributed by atoms with Gasteiger partial charge in [0, 0.05) is 16.5 Å². The molecule has 8 heteroatoms. The quantitative estimate of drug-likeness (QED) is 0.497. The average Bonchev–Trinajstić information content (AvgIpc) is 3.25. The predicted octanol–water partition coefficient (Wildman–Crippen LogP) is 2.99. The minimum atomic E-state index is -0.640. The third-order valence-electron chi connectivity index (χ3n) is 6.29. The number of nitrogens with zero attached hydrogens (tertiary/aromatic N) is 2. The highest BCUT2D eigenvalue weighted by atomic mass is 16.5. The summed E-state index contributed by atoms with van der Waals surface area (Å²) >= 11 is 0. The van der Waals surface area contributed by atoms with Crippen molar-refractivity contribution in [2.45, 2.75) is 52.0 Å². The molecule has 31 heavy (non-hydrogen) atoms. The summed E-state index contributed by atoms with van der Waals surface area (Å²) < 4.78 is 7.73. The maximum absolute atomic E-state index is 12.3. The van der Waals surface area contributed by atoms with E-state index in [1.165, 1.54) is 0 Å². The molecule has 7 N–H and O–H groups in total. The van der Waals surface area contributed by atoms with Crippen LogP contribution in [0.1, 0.15) is 52.7 Å². The summed E-state index contributed by atoms with van der Waals surface area (Å²) in [5.41, 5.74) is 21.7. The second-order valence-electron chi connectivity index (χ2n) is 8.67. The van der Waals surface area contributed by atoms with E-state index in [4.69, 9.17) is 26.9 Å². The Morgan fingerprint density at radius 3 is 2.55 bits per heavy atom. The van der Waals surface area contributed by atoms with Crippen LogP contribution in [0.4, 0.5) is 5.82 Å². The number of nitrogens with two attached hydrogens (primary N) is 3. The molecule has 0 atom stereocenters. The molecule has 0 bridgehead atoms. The molecule has 8 nitrogen and oxygen atoms in total. The molecule has 2 heterocycles. The second kappa shape index (κ2) is 7.46. The zero-order chi connectivity index (χ0) is 22.5. The Hall–Kier alpha value is -3.26. The number of primary amides is 1. The van der Waals surface area contributed by atoms with E-state index < -0.39 is 5.91 Å². The average molecular weight is 424 g/mol. The Morgan fingerprint density at radius 1 is 1.23 bits per heavy atom. The first-order valence-electron chi connectivity index (χ1n) is 10.5. The van der Waals surface area contributed by atoms with Crippen molar-refractivity contribution in [2.24, 2.45) is 11.5 Å². The number of nitrogen functional groups attached to an aromatic ring is 1. The summed E-state index contributed by atoms with van der Waals surface area (Å²) in [4.78, 5) is 17.0. The maximum atomic E-state index is 12.3. The van der Waals surface area contributed by atoms with Gasteiger partial charge in [0.1, 0.15) is 18.2 Å². The van der Waals surface area contributed by atoms with E-state index in [9.17, 15) is 9.90 Å². The number of fused-ring (bicyclic) bond motifs is 1. The van der Waals surface area contributed by atoms with Crippen LogP contribution >= 0.6 is 0 Å². The number of aromatic nitrogens is 2. The predicted molar refractivity (Wildman–Crippen MR) is 121 cm³/mol. The van der Waals surface area contributed by atoms with Crippen LogP contribution in [0.3, 0.4) is 0 Å². The molecule has 1 aliphatic rings. The molecule has 2 aromatic heterocycles. The summed E-state index contributed by atoms with van der Waals surface area (Å²) in [6.45, 7) is 5.93. The molecular formula is C23H29N5O3. The van der Waals surface area contributed by atoms with Crippen molar-refractivity contribution in [3.63, 3.8) is 0 Å². The van der Waals surface area contributed by atoms with Crippen molar-refractivity contribution >= 4 is 22.8 Å². The number of phenolic OH excluding ortho intramolecular Hbond substituents is 1. The molecule has 1 saturated carbocycles. The van der Waals surface area contributed by atoms with Crippen LogP contribution < -0.4 is 21.9 Å². The Labute approximate surface area is 181 Å². The highest BCUT2D eigenvalue weighted by molar-refractivity contribution is 6.11. The lowest BCUT2D eigenvalue weighted by Crippen LogP contribution is -2.42. The SMILES string of the molecule is Cc1cc2c(C(N)=O)c(N)n(-c3c(C)ccc(O)c3C)c2nc1OCC1(N)CCCC1. The number of aromatic hydroxyl groups is 1. The molecule has 0 saturated heterocycles. The van der Waals surface area contributed by atoms with Crippen molar-refractivity contribution < 1.29 is 14.6 Å². The second-order valence-corrected chi connectivity index (χ2v) is 8.67. The van der Waals surface area contributed by atoms with Crippen molar-refractivity contribution in [1.29, 1.82) is 0 Å². The Balaban J connectivity index is 1.93. The molecule has 4 rings (SSSR count). The minimum Gasteiger partial charge on any atom is -0.508 e. The Kier molecular flexibility index (Phi) is 5.05.